The van der Waals surface area contributed by atoms with Gasteiger partial charge in [-0.3, -0.25) is 0 Å². The molecule has 6 aromatic rings. The Labute approximate surface area is 386 Å². The summed E-state index contributed by atoms with van der Waals surface area (Å²) in [6.45, 7) is 13.6. The monoisotopic (exact) mass is 957 g/mol. The Morgan fingerprint density at radius 1 is 0.651 bits per heavy atom. The Morgan fingerprint density at radius 3 is 1.62 bits per heavy atom. The Hall–Kier alpha value is -4.90. The topological polar surface area (TPSA) is 164 Å². The van der Waals surface area contributed by atoms with Crippen LogP contribution in [-0.4, -0.2) is 81.7 Å². The average molecular weight is 960 g/mol. The van der Waals surface area contributed by atoms with Crippen LogP contribution in [0, 0.1) is 43.4 Å². The van der Waals surface area contributed by atoms with Gasteiger partial charge in [-0.15, -0.1) is 5.10 Å². The molecule has 0 radical (unpaired) electrons. The SMILES string of the molecule is CCn1nc(Br)nc1Oc1cccc(Cl)c1.CCn1nc(CC2C3CCC2CN(c2cc(C)ncn2)C3)nc1Oc1cccc(Cl)c1.Cc1cc(N2CC3CCC(C2)C3N)ncn1. The largest absolute Gasteiger partial charge is 0.424 e. The Bertz CT molecular complexity index is 2440. The summed E-state index contributed by atoms with van der Waals surface area (Å²) in [7, 11) is 0. The van der Waals surface area contributed by atoms with Gasteiger partial charge in [0, 0.05) is 85.3 Å². The molecule has 4 atom stereocenters. The minimum absolute atomic E-state index is 0.416. The van der Waals surface area contributed by atoms with Gasteiger partial charge in [0.2, 0.25) is 4.73 Å². The summed E-state index contributed by atoms with van der Waals surface area (Å²) in [4.78, 5) is 30.9. The number of benzene rings is 2. The molecule has 2 aromatic carbocycles. The molecule has 4 aromatic heterocycles. The molecule has 4 aliphatic rings. The van der Waals surface area contributed by atoms with Gasteiger partial charge >= 0.3 is 12.0 Å². The summed E-state index contributed by atoms with van der Waals surface area (Å²) >= 11 is 15.1. The van der Waals surface area contributed by atoms with E-state index in [-0.39, 0.29) is 0 Å². The van der Waals surface area contributed by atoms with Crippen molar-refractivity contribution in [2.24, 2.45) is 35.3 Å². The zero-order valence-corrected chi connectivity index (χ0v) is 39.2. The van der Waals surface area contributed by atoms with Gasteiger partial charge in [0.15, 0.2) is 5.82 Å². The van der Waals surface area contributed by atoms with Gasteiger partial charge in [-0.25, -0.2) is 29.3 Å². The van der Waals surface area contributed by atoms with Gasteiger partial charge in [-0.2, -0.15) is 15.1 Å². The summed E-state index contributed by atoms with van der Waals surface area (Å²) in [6.07, 6.45) is 9.30. The predicted molar refractivity (Wildman–Crippen MR) is 248 cm³/mol. The number of fused-ring (bicyclic) bond motifs is 4. The molecule has 2 saturated heterocycles. The average Bonchev–Trinajstić information content (AvgIpc) is 3.94. The first kappa shape index (κ1) is 44.7. The smallest absolute Gasteiger partial charge is 0.321 e. The second kappa shape index (κ2) is 20.3. The fourth-order valence-corrected chi connectivity index (χ4v) is 10.0. The van der Waals surface area contributed by atoms with Crippen LogP contribution in [0.25, 0.3) is 0 Å². The molecule has 63 heavy (non-hydrogen) atoms. The van der Waals surface area contributed by atoms with Crippen molar-refractivity contribution >= 4 is 50.8 Å². The zero-order chi connectivity index (χ0) is 44.0. The van der Waals surface area contributed by atoms with Crippen LogP contribution >= 0.6 is 39.1 Å². The molecule has 0 amide bonds. The van der Waals surface area contributed by atoms with Crippen LogP contribution in [0.3, 0.4) is 0 Å². The van der Waals surface area contributed by atoms with E-state index in [2.05, 4.69) is 74.8 Å². The number of nitrogens with zero attached hydrogens (tertiary/aromatic N) is 12. The lowest BCUT2D eigenvalue weighted by molar-refractivity contribution is 0.264. The van der Waals surface area contributed by atoms with E-state index in [4.69, 9.17) is 48.5 Å². The van der Waals surface area contributed by atoms with E-state index in [1.807, 2.05) is 55.8 Å². The molecule has 0 spiro atoms. The predicted octanol–water partition coefficient (Wildman–Crippen LogP) is 9.01. The van der Waals surface area contributed by atoms with Gasteiger partial charge in [0.1, 0.15) is 35.8 Å². The Balaban J connectivity index is 0.000000143. The normalized spacial score (nSPS) is 22.2. The van der Waals surface area contributed by atoms with E-state index in [0.717, 1.165) is 61.4 Å². The fourth-order valence-electron chi connectivity index (χ4n) is 9.34. The number of aromatic nitrogens is 10. The van der Waals surface area contributed by atoms with E-state index in [1.165, 1.54) is 25.7 Å². The van der Waals surface area contributed by atoms with Crippen LogP contribution in [0.5, 0.6) is 23.5 Å². The third-order valence-corrected chi connectivity index (χ3v) is 13.3. The number of ether oxygens (including phenoxy) is 2. The van der Waals surface area contributed by atoms with E-state index in [1.54, 1.807) is 35.5 Å². The maximum atomic E-state index is 6.20. The highest BCUT2D eigenvalue weighted by Gasteiger charge is 2.43. The lowest BCUT2D eigenvalue weighted by Gasteiger charge is -2.38. The van der Waals surface area contributed by atoms with Crippen LogP contribution in [-0.2, 0) is 19.5 Å². The quantitative estimate of drug-likeness (QED) is 0.139. The standard InChI is InChI=1S/C23H27ClN6O.C12H18N4.C10H9BrClN3O/c1-3-30-23(31-19-6-4-5-18(24)10-19)27-21(28-30)11-20-16-7-8-17(20)13-29(12-16)22-9-15(2)25-14-26-22;1-8-4-11(15-7-14-8)16-5-9-2-3-10(6-16)12(9)13;1-2-15-10(13-9(11)14-15)16-8-5-3-4-7(12)6-8/h4-6,9-10,14,16-17,20H,3,7-8,11-13H2,1-2H3;4,7,9-10,12H,2-3,5-6,13H2,1H3;3-6H,2H2,1H3. The number of hydrogen-bond donors (Lipinski definition) is 1. The number of piperidine rings is 2. The summed E-state index contributed by atoms with van der Waals surface area (Å²) < 4.78 is 15.6. The van der Waals surface area contributed by atoms with Crippen molar-refractivity contribution in [1.29, 1.82) is 0 Å². The molecule has 2 aliphatic carbocycles. The molecule has 4 unspecified atom stereocenters. The Kier molecular flexibility index (Phi) is 14.4. The van der Waals surface area contributed by atoms with Crippen LogP contribution in [0.4, 0.5) is 11.6 Å². The summed E-state index contributed by atoms with van der Waals surface area (Å²) in [5.41, 5.74) is 8.24. The van der Waals surface area contributed by atoms with Crippen LogP contribution in [0.1, 0.15) is 56.7 Å². The first-order valence-corrected chi connectivity index (χ1v) is 23.3. The molecule has 2 N–H and O–H groups in total. The van der Waals surface area contributed by atoms with Crippen molar-refractivity contribution in [2.45, 2.75) is 78.9 Å². The van der Waals surface area contributed by atoms with Crippen LogP contribution in [0.15, 0.2) is 78.1 Å². The highest BCUT2D eigenvalue weighted by molar-refractivity contribution is 9.10. The van der Waals surface area contributed by atoms with Gasteiger partial charge in [-0.1, -0.05) is 35.3 Å². The second-order valence-electron chi connectivity index (χ2n) is 16.7. The van der Waals surface area contributed by atoms with Crippen LogP contribution < -0.4 is 25.0 Å². The summed E-state index contributed by atoms with van der Waals surface area (Å²) in [6, 6.07) is 20.1. The molecular formula is C45H54BrCl2N13O2. The van der Waals surface area contributed by atoms with Crippen molar-refractivity contribution in [3.8, 4) is 23.5 Å². The maximum absolute atomic E-state index is 6.20. The molecule has 15 nitrogen and oxygen atoms in total. The van der Waals surface area contributed by atoms with Gasteiger partial charge in [0.25, 0.3) is 0 Å². The molecule has 10 rings (SSSR count). The number of halogens is 3. The lowest BCUT2D eigenvalue weighted by Crippen LogP contribution is -2.49. The van der Waals surface area contributed by atoms with Crippen molar-refractivity contribution < 1.29 is 9.47 Å². The van der Waals surface area contributed by atoms with E-state index < -0.39 is 0 Å². The number of aryl methyl sites for hydroxylation is 4. The van der Waals surface area contributed by atoms with E-state index >= 15 is 0 Å². The number of nitrogens with two attached hydrogens (primary N) is 1. The minimum Gasteiger partial charge on any atom is -0.424 e. The van der Waals surface area contributed by atoms with Crippen molar-refractivity contribution in [3.63, 3.8) is 0 Å². The highest BCUT2D eigenvalue weighted by atomic mass is 79.9. The first-order valence-electron chi connectivity index (χ1n) is 21.8. The number of rotatable bonds is 10. The summed E-state index contributed by atoms with van der Waals surface area (Å²) in [5.74, 6) is 7.50. The fraction of sp³-hybridized carbons (Fsp3) is 0.467. The molecular weight excluding hydrogens is 905 g/mol. The van der Waals surface area contributed by atoms with Crippen molar-refractivity contribution in [1.82, 2.24) is 49.5 Å². The molecule has 4 bridgehead atoms. The molecule has 2 aliphatic heterocycles. The van der Waals surface area contributed by atoms with Gasteiger partial charge in [-0.05, 0) is 135 Å². The summed E-state index contributed by atoms with van der Waals surface area (Å²) in [5, 5.41) is 10.1. The molecule has 2 saturated carbocycles. The van der Waals surface area contributed by atoms with Crippen LogP contribution in [0.2, 0.25) is 10.0 Å². The molecule has 4 fully saturated rings. The maximum Gasteiger partial charge on any atom is 0.321 e. The first-order chi connectivity index (χ1) is 30.5. The number of anilines is 2. The third-order valence-electron chi connectivity index (χ3n) is 12.5. The van der Waals surface area contributed by atoms with E-state index in [0.29, 0.717) is 87.0 Å². The third kappa shape index (κ3) is 11.1. The Morgan fingerprint density at radius 2 is 1.13 bits per heavy atom. The van der Waals surface area contributed by atoms with Crippen molar-refractivity contribution in [3.05, 3.63) is 105 Å². The zero-order valence-electron chi connectivity index (χ0n) is 36.1. The van der Waals surface area contributed by atoms with E-state index in [9.17, 15) is 0 Å². The number of hydrogen-bond acceptors (Lipinski definition) is 13. The molecule has 6 heterocycles. The molecule has 18 heteroatoms. The van der Waals surface area contributed by atoms with Gasteiger partial charge in [0.05, 0.1) is 0 Å². The minimum atomic E-state index is 0.416. The highest BCUT2D eigenvalue weighted by Crippen LogP contribution is 2.44. The van der Waals surface area contributed by atoms with Crippen molar-refractivity contribution in [2.75, 3.05) is 36.0 Å². The molecule has 332 valence electrons. The van der Waals surface area contributed by atoms with Gasteiger partial charge < -0.3 is 25.0 Å². The lowest BCUT2D eigenvalue weighted by atomic mass is 9.82. The second-order valence-corrected chi connectivity index (χ2v) is 18.3.